The molecule has 0 saturated carbocycles. The van der Waals surface area contributed by atoms with Crippen molar-refractivity contribution in [3.8, 4) is 0 Å². The van der Waals surface area contributed by atoms with E-state index in [1.165, 1.54) is 12.3 Å². The van der Waals surface area contributed by atoms with E-state index in [0.29, 0.717) is 10.3 Å². The summed E-state index contributed by atoms with van der Waals surface area (Å²) in [5.74, 6) is 0. The third kappa shape index (κ3) is 5.67. The summed E-state index contributed by atoms with van der Waals surface area (Å²) in [6.45, 7) is 19.2. The van der Waals surface area contributed by atoms with Gasteiger partial charge in [-0.3, -0.25) is 0 Å². The van der Waals surface area contributed by atoms with E-state index in [2.05, 4.69) is 54.9 Å². The predicted molar refractivity (Wildman–Crippen MR) is 74.9 cm³/mol. The van der Waals surface area contributed by atoms with Gasteiger partial charge in [0.15, 0.2) is 0 Å². The number of rotatable bonds is 3. The highest BCUT2D eigenvalue weighted by molar-refractivity contribution is 7.62. The topological polar surface area (TPSA) is 0 Å². The molecule has 0 aromatic carbocycles. The first-order valence-electron chi connectivity index (χ1n) is 5.47. The fourth-order valence-corrected chi connectivity index (χ4v) is 4.71. The van der Waals surface area contributed by atoms with Gasteiger partial charge in [0.25, 0.3) is 0 Å². The van der Waals surface area contributed by atoms with Crippen molar-refractivity contribution in [3.05, 3.63) is 0 Å². The lowest BCUT2D eigenvalue weighted by Crippen LogP contribution is -2.17. The number of hydrogen-bond acceptors (Lipinski definition) is 0. The Morgan fingerprint density at radius 2 is 0.857 bits per heavy atom. The zero-order valence-electron chi connectivity index (χ0n) is 11.3. The van der Waals surface area contributed by atoms with Gasteiger partial charge < -0.3 is 0 Å². The van der Waals surface area contributed by atoms with Crippen molar-refractivity contribution < 1.29 is 0 Å². The average Bonchev–Trinajstić information content (AvgIpc) is 1.95. The Morgan fingerprint density at radius 1 is 0.643 bits per heavy atom. The summed E-state index contributed by atoms with van der Waals surface area (Å²) in [6.07, 6.45) is 2.91. The summed E-state index contributed by atoms with van der Waals surface area (Å²) in [7, 11) is 0.430. The lowest BCUT2D eigenvalue weighted by molar-refractivity contribution is 0.777. The van der Waals surface area contributed by atoms with Crippen LogP contribution in [0.15, 0.2) is 0 Å². The van der Waals surface area contributed by atoms with Crippen LogP contribution in [0.1, 0.15) is 41.5 Å². The monoisotopic (exact) mass is 234 g/mol. The van der Waals surface area contributed by atoms with Gasteiger partial charge in [-0.1, -0.05) is 41.5 Å². The Hall–Kier alpha value is 0.860. The molecule has 0 aromatic rings. The highest BCUT2D eigenvalue weighted by Crippen LogP contribution is 2.52. The smallest absolute Gasteiger partial charge is 0.0182 e. The molecule has 0 amide bonds. The Bertz CT molecular complexity index is 142. The SMILES string of the molecule is CP(CC[P@](C)C(C)(C)C)C(C)(C)C. The van der Waals surface area contributed by atoms with Crippen molar-refractivity contribution in [1.29, 1.82) is 0 Å². The van der Waals surface area contributed by atoms with E-state index in [1.807, 2.05) is 0 Å². The highest BCUT2D eigenvalue weighted by atomic mass is 31.1. The van der Waals surface area contributed by atoms with Crippen LogP contribution in [0.5, 0.6) is 0 Å². The molecule has 0 aliphatic carbocycles. The van der Waals surface area contributed by atoms with Gasteiger partial charge >= 0.3 is 0 Å². The summed E-state index contributed by atoms with van der Waals surface area (Å²) < 4.78 is 0. The summed E-state index contributed by atoms with van der Waals surface area (Å²) in [5, 5.41) is 1.09. The molecule has 0 N–H and O–H groups in total. The molecule has 2 atom stereocenters. The van der Waals surface area contributed by atoms with Crippen LogP contribution < -0.4 is 0 Å². The zero-order valence-corrected chi connectivity index (χ0v) is 13.1. The Balaban J connectivity index is 3.96. The van der Waals surface area contributed by atoms with Gasteiger partial charge in [-0.15, -0.1) is 15.8 Å². The van der Waals surface area contributed by atoms with Crippen LogP contribution in [0, 0.1) is 0 Å². The molecule has 0 heterocycles. The molecular weight excluding hydrogens is 206 g/mol. The van der Waals surface area contributed by atoms with E-state index in [4.69, 9.17) is 0 Å². The van der Waals surface area contributed by atoms with Crippen LogP contribution in [0.25, 0.3) is 0 Å². The first kappa shape index (κ1) is 14.9. The Morgan fingerprint density at radius 3 is 1.00 bits per heavy atom. The van der Waals surface area contributed by atoms with E-state index in [0.717, 1.165) is 0 Å². The van der Waals surface area contributed by atoms with E-state index in [9.17, 15) is 0 Å². The van der Waals surface area contributed by atoms with Gasteiger partial charge in [0.1, 0.15) is 0 Å². The van der Waals surface area contributed by atoms with E-state index in [1.54, 1.807) is 0 Å². The largest absolute Gasteiger partial charge is 0.104 e. The fourth-order valence-electron chi connectivity index (χ4n) is 0.971. The minimum absolute atomic E-state index is 0.215. The maximum atomic E-state index is 2.46. The first-order chi connectivity index (χ1) is 6.05. The molecule has 14 heavy (non-hydrogen) atoms. The van der Waals surface area contributed by atoms with Gasteiger partial charge in [-0.25, -0.2) is 0 Å². The Kier molecular flexibility index (Phi) is 5.59. The van der Waals surface area contributed by atoms with Crippen LogP contribution in [-0.4, -0.2) is 36.0 Å². The second-order valence-electron chi connectivity index (χ2n) is 6.18. The molecule has 0 radical (unpaired) electrons. The zero-order chi connectivity index (χ0) is 11.6. The van der Waals surface area contributed by atoms with Crippen molar-refractivity contribution in [3.63, 3.8) is 0 Å². The molecule has 0 fully saturated rings. The molecule has 0 nitrogen and oxygen atoms in total. The number of hydrogen-bond donors (Lipinski definition) is 0. The molecule has 86 valence electrons. The van der Waals surface area contributed by atoms with Crippen LogP contribution in [0.2, 0.25) is 0 Å². The summed E-state index contributed by atoms with van der Waals surface area (Å²) in [5.41, 5.74) is 0. The first-order valence-corrected chi connectivity index (χ1v) is 9.42. The second-order valence-corrected chi connectivity index (χ2v) is 12.6. The van der Waals surface area contributed by atoms with Crippen LogP contribution in [0.3, 0.4) is 0 Å². The predicted octanol–water partition coefficient (Wildman–Crippen LogP) is 4.81. The third-order valence-corrected chi connectivity index (χ3v) is 9.78. The normalized spacial score (nSPS) is 18.0. The average molecular weight is 234 g/mol. The van der Waals surface area contributed by atoms with Gasteiger partial charge in [-0.2, -0.15) is 0 Å². The van der Waals surface area contributed by atoms with Crippen molar-refractivity contribution in [2.45, 2.75) is 51.9 Å². The van der Waals surface area contributed by atoms with E-state index >= 15 is 0 Å². The molecule has 0 aromatic heterocycles. The molecular formula is C12H28P2. The Labute approximate surface area is 93.8 Å². The lowest BCUT2D eigenvalue weighted by Gasteiger charge is -2.33. The maximum Gasteiger partial charge on any atom is -0.0182 e. The van der Waals surface area contributed by atoms with E-state index in [-0.39, 0.29) is 15.8 Å². The molecule has 0 saturated heterocycles. The fraction of sp³-hybridized carbons (Fsp3) is 1.00. The van der Waals surface area contributed by atoms with Crippen LogP contribution >= 0.6 is 15.8 Å². The molecule has 0 aliphatic rings. The second kappa shape index (κ2) is 5.27. The minimum Gasteiger partial charge on any atom is -0.104 e. The summed E-state index contributed by atoms with van der Waals surface area (Å²) >= 11 is 0. The van der Waals surface area contributed by atoms with Gasteiger partial charge in [0, 0.05) is 0 Å². The van der Waals surface area contributed by atoms with Gasteiger partial charge in [0.05, 0.1) is 0 Å². The summed E-state index contributed by atoms with van der Waals surface area (Å²) in [6, 6.07) is 0. The van der Waals surface area contributed by atoms with Crippen molar-refractivity contribution in [2.24, 2.45) is 0 Å². The molecule has 2 heteroatoms. The van der Waals surface area contributed by atoms with Gasteiger partial charge in [-0.05, 0) is 36.0 Å². The standard InChI is InChI=1S/C12H28P2/c1-11(2,3)13(7)9-10-14(8)12(4,5)6/h9-10H2,1-8H3/t13-,14?/m0/s1. The van der Waals surface area contributed by atoms with Crippen molar-refractivity contribution in [2.75, 3.05) is 25.7 Å². The molecule has 0 bridgehead atoms. The lowest BCUT2D eigenvalue weighted by atomic mass is 10.3. The molecule has 0 aliphatic heterocycles. The molecule has 1 unspecified atom stereocenters. The van der Waals surface area contributed by atoms with Crippen LogP contribution in [-0.2, 0) is 0 Å². The molecule has 0 rings (SSSR count). The maximum absolute atomic E-state index is 2.46. The summed E-state index contributed by atoms with van der Waals surface area (Å²) in [4.78, 5) is 0. The van der Waals surface area contributed by atoms with Crippen molar-refractivity contribution in [1.82, 2.24) is 0 Å². The third-order valence-electron chi connectivity index (χ3n) is 3.06. The minimum atomic E-state index is 0.215. The van der Waals surface area contributed by atoms with E-state index < -0.39 is 0 Å². The quantitative estimate of drug-likeness (QED) is 0.615. The van der Waals surface area contributed by atoms with Crippen molar-refractivity contribution >= 4 is 15.8 Å². The van der Waals surface area contributed by atoms with Crippen LogP contribution in [0.4, 0.5) is 0 Å². The van der Waals surface area contributed by atoms with Gasteiger partial charge in [0.2, 0.25) is 0 Å². The highest BCUT2D eigenvalue weighted by Gasteiger charge is 2.23. The molecule has 0 spiro atoms.